The number of halogens is 1. The van der Waals surface area contributed by atoms with E-state index in [1.165, 1.54) is 54.0 Å². The van der Waals surface area contributed by atoms with E-state index in [0.717, 1.165) is 12.8 Å². The molecule has 0 spiro atoms. The van der Waals surface area contributed by atoms with Crippen molar-refractivity contribution in [2.75, 3.05) is 20.2 Å². The number of carbonyl (C=O) groups is 1. The van der Waals surface area contributed by atoms with E-state index in [1.54, 1.807) is 6.07 Å². The van der Waals surface area contributed by atoms with Gasteiger partial charge in [0.2, 0.25) is 10.0 Å². The van der Waals surface area contributed by atoms with Gasteiger partial charge in [0.15, 0.2) is 11.6 Å². The van der Waals surface area contributed by atoms with E-state index in [2.05, 4.69) is 10.5 Å². The Morgan fingerprint density at radius 1 is 1.18 bits per heavy atom. The molecule has 0 radical (unpaired) electrons. The number of hydrazone groups is 1. The summed E-state index contributed by atoms with van der Waals surface area (Å²) < 4.78 is 44.9. The number of hydrogen-bond donors (Lipinski definition) is 1. The van der Waals surface area contributed by atoms with E-state index in [-0.39, 0.29) is 16.2 Å². The van der Waals surface area contributed by atoms with Crippen molar-refractivity contribution in [1.82, 2.24) is 9.73 Å². The Balaban J connectivity index is 1.64. The van der Waals surface area contributed by atoms with E-state index in [0.29, 0.717) is 18.7 Å². The highest BCUT2D eigenvalue weighted by atomic mass is 32.2. The standard InChI is InChI=1S/C19H20FN3O4S/c1-27-18-9-4-14(12-17(18)20)13-21-22-19(24)15-5-7-16(8-6-15)28(25,26)23-10-2-3-11-23/h4-9,12-13H,2-3,10-11H2,1H3,(H,22,24)/b21-13-. The van der Waals surface area contributed by atoms with Gasteiger partial charge in [0, 0.05) is 18.7 Å². The van der Waals surface area contributed by atoms with E-state index in [1.807, 2.05) is 0 Å². The first-order valence-electron chi connectivity index (χ1n) is 8.69. The zero-order valence-corrected chi connectivity index (χ0v) is 16.1. The van der Waals surface area contributed by atoms with Gasteiger partial charge in [0.1, 0.15) is 0 Å². The number of carbonyl (C=O) groups excluding carboxylic acids is 1. The molecule has 1 fully saturated rings. The average molecular weight is 405 g/mol. The van der Waals surface area contributed by atoms with Crippen LogP contribution in [0.1, 0.15) is 28.8 Å². The molecular formula is C19H20FN3O4S. The lowest BCUT2D eigenvalue weighted by Crippen LogP contribution is -2.28. The van der Waals surface area contributed by atoms with E-state index in [9.17, 15) is 17.6 Å². The van der Waals surface area contributed by atoms with Gasteiger partial charge in [-0.05, 0) is 60.9 Å². The van der Waals surface area contributed by atoms with Gasteiger partial charge in [-0.3, -0.25) is 4.79 Å². The van der Waals surface area contributed by atoms with Crippen molar-refractivity contribution in [1.29, 1.82) is 0 Å². The van der Waals surface area contributed by atoms with Crippen LogP contribution in [0.15, 0.2) is 52.5 Å². The van der Waals surface area contributed by atoms with Crippen LogP contribution < -0.4 is 10.2 Å². The predicted molar refractivity (Wildman–Crippen MR) is 102 cm³/mol. The lowest BCUT2D eigenvalue weighted by Gasteiger charge is -2.15. The first-order chi connectivity index (χ1) is 13.4. The maximum atomic E-state index is 13.6. The third-order valence-corrected chi connectivity index (χ3v) is 6.29. The number of nitrogens with one attached hydrogen (secondary N) is 1. The molecule has 28 heavy (non-hydrogen) atoms. The van der Waals surface area contributed by atoms with Crippen molar-refractivity contribution in [3.8, 4) is 5.75 Å². The Morgan fingerprint density at radius 3 is 2.46 bits per heavy atom. The van der Waals surface area contributed by atoms with Crippen LogP contribution in [0, 0.1) is 5.82 Å². The Bertz CT molecular complexity index is 985. The maximum absolute atomic E-state index is 13.6. The fourth-order valence-electron chi connectivity index (χ4n) is 2.85. The molecule has 0 unspecified atom stereocenters. The lowest BCUT2D eigenvalue weighted by molar-refractivity contribution is 0.0955. The van der Waals surface area contributed by atoms with Crippen molar-refractivity contribution < 1.29 is 22.3 Å². The minimum atomic E-state index is -3.52. The quantitative estimate of drug-likeness (QED) is 0.590. The summed E-state index contributed by atoms with van der Waals surface area (Å²) in [7, 11) is -2.15. The number of nitrogens with zero attached hydrogens (tertiary/aromatic N) is 2. The molecule has 0 atom stereocenters. The Labute approximate surface area is 162 Å². The fourth-order valence-corrected chi connectivity index (χ4v) is 4.37. The highest BCUT2D eigenvalue weighted by Crippen LogP contribution is 2.21. The van der Waals surface area contributed by atoms with Crippen LogP contribution in [0.25, 0.3) is 0 Å². The van der Waals surface area contributed by atoms with E-state index in [4.69, 9.17) is 4.74 Å². The summed E-state index contributed by atoms with van der Waals surface area (Å²) in [5.74, 6) is -0.923. The topological polar surface area (TPSA) is 88.1 Å². The van der Waals surface area contributed by atoms with Gasteiger partial charge in [-0.2, -0.15) is 9.41 Å². The zero-order chi connectivity index (χ0) is 20.1. The van der Waals surface area contributed by atoms with Crippen LogP contribution in [-0.2, 0) is 10.0 Å². The zero-order valence-electron chi connectivity index (χ0n) is 15.3. The number of sulfonamides is 1. The van der Waals surface area contributed by atoms with Crippen LogP contribution in [0.2, 0.25) is 0 Å². The van der Waals surface area contributed by atoms with Crippen LogP contribution in [0.5, 0.6) is 5.75 Å². The Hall–Kier alpha value is -2.78. The summed E-state index contributed by atoms with van der Waals surface area (Å²) >= 11 is 0. The van der Waals surface area contributed by atoms with E-state index < -0.39 is 21.7 Å². The number of methoxy groups -OCH3 is 1. The summed E-state index contributed by atoms with van der Waals surface area (Å²) in [5.41, 5.74) is 3.04. The molecule has 1 heterocycles. The highest BCUT2D eigenvalue weighted by Gasteiger charge is 2.27. The summed E-state index contributed by atoms with van der Waals surface area (Å²) in [6.07, 6.45) is 3.01. The molecule has 148 valence electrons. The third-order valence-electron chi connectivity index (χ3n) is 4.37. The minimum absolute atomic E-state index is 0.116. The highest BCUT2D eigenvalue weighted by molar-refractivity contribution is 7.89. The van der Waals surface area contributed by atoms with Crippen molar-refractivity contribution in [2.24, 2.45) is 5.10 Å². The molecule has 0 bridgehead atoms. The lowest BCUT2D eigenvalue weighted by atomic mass is 10.2. The first-order valence-corrected chi connectivity index (χ1v) is 10.1. The summed E-state index contributed by atoms with van der Waals surface area (Å²) in [6, 6.07) is 9.96. The number of hydrogen-bond acceptors (Lipinski definition) is 5. The maximum Gasteiger partial charge on any atom is 0.271 e. The predicted octanol–water partition coefficient (Wildman–Crippen LogP) is 2.38. The number of benzene rings is 2. The van der Waals surface area contributed by atoms with Gasteiger partial charge in [-0.15, -0.1) is 0 Å². The summed E-state index contributed by atoms with van der Waals surface area (Å²) in [4.78, 5) is 12.3. The van der Waals surface area contributed by atoms with Crippen LogP contribution in [0.4, 0.5) is 4.39 Å². The van der Waals surface area contributed by atoms with Crippen LogP contribution in [0.3, 0.4) is 0 Å². The number of rotatable bonds is 6. The smallest absolute Gasteiger partial charge is 0.271 e. The van der Waals surface area contributed by atoms with Crippen molar-refractivity contribution in [3.05, 3.63) is 59.4 Å². The van der Waals surface area contributed by atoms with Gasteiger partial charge in [0.25, 0.3) is 5.91 Å². The number of ether oxygens (including phenoxy) is 1. The fraction of sp³-hybridized carbons (Fsp3) is 0.263. The SMILES string of the molecule is COc1ccc(/C=N\NC(=O)c2ccc(S(=O)(=O)N3CCCC3)cc2)cc1F. The third kappa shape index (κ3) is 4.37. The molecule has 1 amide bonds. The van der Waals surface area contributed by atoms with Crippen molar-refractivity contribution in [2.45, 2.75) is 17.7 Å². The van der Waals surface area contributed by atoms with Crippen LogP contribution in [-0.4, -0.2) is 45.0 Å². The van der Waals surface area contributed by atoms with Gasteiger partial charge >= 0.3 is 0 Å². The summed E-state index contributed by atoms with van der Waals surface area (Å²) in [6.45, 7) is 1.04. The molecule has 1 N–H and O–H groups in total. The van der Waals surface area contributed by atoms with Gasteiger partial charge in [-0.25, -0.2) is 18.2 Å². The molecule has 0 aliphatic carbocycles. The van der Waals surface area contributed by atoms with E-state index >= 15 is 0 Å². The second kappa shape index (κ2) is 8.49. The second-order valence-electron chi connectivity index (χ2n) is 6.23. The first kappa shape index (κ1) is 20.0. The van der Waals surface area contributed by atoms with Crippen LogP contribution >= 0.6 is 0 Å². The molecule has 1 aliphatic heterocycles. The molecule has 1 aliphatic rings. The van der Waals surface area contributed by atoms with Crippen molar-refractivity contribution in [3.63, 3.8) is 0 Å². The largest absolute Gasteiger partial charge is 0.494 e. The number of amides is 1. The normalized spacial score (nSPS) is 15.1. The molecule has 0 saturated carbocycles. The minimum Gasteiger partial charge on any atom is -0.494 e. The molecule has 0 aromatic heterocycles. The molecule has 3 rings (SSSR count). The monoisotopic (exact) mass is 405 g/mol. The molecule has 2 aromatic rings. The molecule has 7 nitrogen and oxygen atoms in total. The second-order valence-corrected chi connectivity index (χ2v) is 8.17. The van der Waals surface area contributed by atoms with Gasteiger partial charge < -0.3 is 4.74 Å². The molecule has 9 heteroatoms. The summed E-state index contributed by atoms with van der Waals surface area (Å²) in [5, 5.41) is 3.79. The molecule has 2 aromatic carbocycles. The average Bonchev–Trinajstić information content (AvgIpc) is 3.24. The van der Waals surface area contributed by atoms with Gasteiger partial charge in [-0.1, -0.05) is 0 Å². The van der Waals surface area contributed by atoms with Gasteiger partial charge in [0.05, 0.1) is 18.2 Å². The van der Waals surface area contributed by atoms with Crippen molar-refractivity contribution >= 4 is 22.1 Å². The molecule has 1 saturated heterocycles. The molecular weight excluding hydrogens is 385 g/mol. The Kier molecular flexibility index (Phi) is 6.05. The Morgan fingerprint density at radius 2 is 1.86 bits per heavy atom.